The SMILES string of the molecule is Cc1ccc([N+](=O)[O-])cc1N1C(=O)c2ccc(C(=O)O)cc2C1=O. The van der Waals surface area contributed by atoms with Gasteiger partial charge in [-0.1, -0.05) is 6.07 Å². The number of aromatic carboxylic acids is 1. The van der Waals surface area contributed by atoms with Crippen molar-refractivity contribution in [2.24, 2.45) is 0 Å². The summed E-state index contributed by atoms with van der Waals surface area (Å²) in [5.74, 6) is -2.57. The predicted octanol–water partition coefficient (Wildman–Crippen LogP) is 2.40. The van der Waals surface area contributed by atoms with Crippen LogP contribution in [0.3, 0.4) is 0 Å². The van der Waals surface area contributed by atoms with Crippen LogP contribution in [0.5, 0.6) is 0 Å². The van der Waals surface area contributed by atoms with E-state index in [0.717, 1.165) is 17.0 Å². The fourth-order valence-corrected chi connectivity index (χ4v) is 2.54. The van der Waals surface area contributed by atoms with Crippen LogP contribution < -0.4 is 4.90 Å². The molecule has 0 aromatic heterocycles. The Morgan fingerprint density at radius 3 is 2.38 bits per heavy atom. The van der Waals surface area contributed by atoms with E-state index in [0.29, 0.717) is 5.56 Å². The number of amides is 2. The second-order valence-corrected chi connectivity index (χ2v) is 5.24. The maximum absolute atomic E-state index is 12.6. The number of carboxylic acids is 1. The van der Waals surface area contributed by atoms with Crippen molar-refractivity contribution in [1.29, 1.82) is 0 Å². The Morgan fingerprint density at radius 1 is 1.08 bits per heavy atom. The van der Waals surface area contributed by atoms with Crippen molar-refractivity contribution in [3.63, 3.8) is 0 Å². The molecule has 2 amide bonds. The predicted molar refractivity (Wildman–Crippen MR) is 82.4 cm³/mol. The van der Waals surface area contributed by atoms with Crippen LogP contribution in [-0.4, -0.2) is 27.8 Å². The monoisotopic (exact) mass is 326 g/mol. The number of fused-ring (bicyclic) bond motifs is 1. The normalized spacial score (nSPS) is 13.1. The number of carbonyl (C=O) groups excluding carboxylic acids is 2. The second-order valence-electron chi connectivity index (χ2n) is 5.24. The van der Waals surface area contributed by atoms with E-state index >= 15 is 0 Å². The topological polar surface area (TPSA) is 118 Å². The lowest BCUT2D eigenvalue weighted by Crippen LogP contribution is -2.30. The van der Waals surface area contributed by atoms with E-state index < -0.39 is 22.7 Å². The Kier molecular flexibility index (Phi) is 3.37. The number of non-ortho nitro benzene ring substituents is 1. The molecule has 1 heterocycles. The first-order valence-electron chi connectivity index (χ1n) is 6.82. The van der Waals surface area contributed by atoms with Crippen LogP contribution in [0.4, 0.5) is 11.4 Å². The van der Waals surface area contributed by atoms with Crippen molar-refractivity contribution in [3.8, 4) is 0 Å². The molecule has 0 fully saturated rings. The van der Waals surface area contributed by atoms with E-state index in [2.05, 4.69) is 0 Å². The number of hydrogen-bond acceptors (Lipinski definition) is 5. The molecule has 8 nitrogen and oxygen atoms in total. The van der Waals surface area contributed by atoms with Crippen LogP contribution >= 0.6 is 0 Å². The minimum atomic E-state index is -1.22. The molecule has 2 aromatic rings. The smallest absolute Gasteiger partial charge is 0.335 e. The van der Waals surface area contributed by atoms with Gasteiger partial charge in [0.05, 0.1) is 27.3 Å². The van der Waals surface area contributed by atoms with Gasteiger partial charge in [0.2, 0.25) is 0 Å². The first kappa shape index (κ1) is 15.3. The van der Waals surface area contributed by atoms with Gasteiger partial charge in [-0.25, -0.2) is 9.69 Å². The highest BCUT2D eigenvalue weighted by Crippen LogP contribution is 2.33. The quantitative estimate of drug-likeness (QED) is 0.525. The average Bonchev–Trinajstić information content (AvgIpc) is 2.79. The molecule has 1 aliphatic rings. The van der Waals surface area contributed by atoms with Gasteiger partial charge in [0.25, 0.3) is 17.5 Å². The third-order valence-electron chi connectivity index (χ3n) is 3.78. The van der Waals surface area contributed by atoms with Gasteiger partial charge in [0.1, 0.15) is 0 Å². The minimum absolute atomic E-state index is 0.0363. The first-order valence-corrected chi connectivity index (χ1v) is 6.82. The van der Waals surface area contributed by atoms with Crippen LogP contribution in [0.2, 0.25) is 0 Å². The Balaban J connectivity index is 2.13. The standard InChI is InChI=1S/C16H10N2O6/c1-8-2-4-10(18(23)24)7-13(8)17-14(19)11-5-3-9(16(21)22)6-12(11)15(17)20/h2-7H,1H3,(H,21,22). The van der Waals surface area contributed by atoms with Crippen molar-refractivity contribution in [2.45, 2.75) is 6.92 Å². The summed E-state index contributed by atoms with van der Waals surface area (Å²) in [5.41, 5.74) is 0.272. The summed E-state index contributed by atoms with van der Waals surface area (Å²) in [5, 5.41) is 19.9. The Bertz CT molecular complexity index is 934. The third kappa shape index (κ3) is 2.21. The summed E-state index contributed by atoms with van der Waals surface area (Å²) in [6, 6.07) is 7.50. The van der Waals surface area contributed by atoms with Gasteiger partial charge in [0.15, 0.2) is 0 Å². The molecule has 3 rings (SSSR count). The number of anilines is 1. The molecule has 2 aromatic carbocycles. The summed E-state index contributed by atoms with van der Waals surface area (Å²) >= 11 is 0. The lowest BCUT2D eigenvalue weighted by molar-refractivity contribution is -0.384. The molecule has 8 heteroatoms. The van der Waals surface area contributed by atoms with Crippen molar-refractivity contribution < 1.29 is 24.4 Å². The maximum atomic E-state index is 12.6. The van der Waals surface area contributed by atoms with Gasteiger partial charge in [0, 0.05) is 12.1 Å². The molecule has 1 aliphatic heterocycles. The molecule has 0 aliphatic carbocycles. The van der Waals surface area contributed by atoms with Gasteiger partial charge in [-0.05, 0) is 30.7 Å². The molecule has 0 saturated heterocycles. The molecule has 24 heavy (non-hydrogen) atoms. The number of nitrogens with zero attached hydrogens (tertiary/aromatic N) is 2. The number of benzene rings is 2. The fraction of sp³-hybridized carbons (Fsp3) is 0.0625. The summed E-state index contributed by atoms with van der Waals surface area (Å²) in [4.78, 5) is 47.2. The molecule has 120 valence electrons. The largest absolute Gasteiger partial charge is 0.478 e. The average molecular weight is 326 g/mol. The Morgan fingerprint density at radius 2 is 1.75 bits per heavy atom. The molecule has 0 atom stereocenters. The Hall–Kier alpha value is -3.55. The van der Waals surface area contributed by atoms with E-state index in [-0.39, 0.29) is 28.1 Å². The highest BCUT2D eigenvalue weighted by atomic mass is 16.6. The van der Waals surface area contributed by atoms with Crippen molar-refractivity contribution >= 4 is 29.2 Å². The molecule has 0 spiro atoms. The van der Waals surface area contributed by atoms with E-state index in [1.54, 1.807) is 6.92 Å². The van der Waals surface area contributed by atoms with Crippen LogP contribution in [-0.2, 0) is 0 Å². The van der Waals surface area contributed by atoms with Gasteiger partial charge in [-0.2, -0.15) is 0 Å². The van der Waals surface area contributed by atoms with E-state index in [4.69, 9.17) is 5.11 Å². The second kappa shape index (κ2) is 5.27. The zero-order chi connectivity index (χ0) is 17.6. The van der Waals surface area contributed by atoms with E-state index in [9.17, 15) is 24.5 Å². The summed E-state index contributed by atoms with van der Waals surface area (Å²) in [7, 11) is 0. The van der Waals surface area contributed by atoms with Crippen molar-refractivity contribution in [1.82, 2.24) is 0 Å². The van der Waals surface area contributed by atoms with Gasteiger partial charge >= 0.3 is 5.97 Å². The van der Waals surface area contributed by atoms with Gasteiger partial charge in [-0.3, -0.25) is 19.7 Å². The summed E-state index contributed by atoms with van der Waals surface area (Å²) in [6.07, 6.45) is 0. The number of carbonyl (C=O) groups is 3. The number of rotatable bonds is 3. The number of nitro benzene ring substituents is 1. The number of aryl methyl sites for hydroxylation is 1. The van der Waals surface area contributed by atoms with Crippen molar-refractivity contribution in [3.05, 3.63) is 68.8 Å². The molecule has 0 saturated carbocycles. The van der Waals surface area contributed by atoms with Gasteiger partial charge in [-0.15, -0.1) is 0 Å². The molecule has 1 N–H and O–H groups in total. The number of nitro groups is 1. The molecule has 0 bridgehead atoms. The van der Waals surface area contributed by atoms with E-state index in [1.165, 1.54) is 24.3 Å². The lowest BCUT2D eigenvalue weighted by atomic mass is 10.1. The van der Waals surface area contributed by atoms with Crippen LogP contribution in [0.25, 0.3) is 0 Å². The zero-order valence-corrected chi connectivity index (χ0v) is 12.3. The Labute approximate surface area is 135 Å². The first-order chi connectivity index (χ1) is 11.3. The minimum Gasteiger partial charge on any atom is -0.478 e. The van der Waals surface area contributed by atoms with Gasteiger partial charge < -0.3 is 5.11 Å². The summed E-state index contributed by atoms with van der Waals surface area (Å²) in [6.45, 7) is 1.62. The number of imide groups is 1. The summed E-state index contributed by atoms with van der Waals surface area (Å²) < 4.78 is 0. The van der Waals surface area contributed by atoms with Crippen LogP contribution in [0.1, 0.15) is 36.6 Å². The molecule has 0 radical (unpaired) electrons. The van der Waals surface area contributed by atoms with Crippen LogP contribution in [0, 0.1) is 17.0 Å². The zero-order valence-electron chi connectivity index (χ0n) is 12.3. The molecule has 0 unspecified atom stereocenters. The maximum Gasteiger partial charge on any atom is 0.335 e. The fourth-order valence-electron chi connectivity index (χ4n) is 2.54. The van der Waals surface area contributed by atoms with Crippen LogP contribution in [0.15, 0.2) is 36.4 Å². The van der Waals surface area contributed by atoms with E-state index in [1.807, 2.05) is 0 Å². The number of carboxylic acid groups (broad SMARTS) is 1. The van der Waals surface area contributed by atoms with Crippen molar-refractivity contribution in [2.75, 3.05) is 4.90 Å². The lowest BCUT2D eigenvalue weighted by Gasteiger charge is -2.16. The molecular formula is C16H10N2O6. The third-order valence-corrected chi connectivity index (χ3v) is 3.78. The highest BCUT2D eigenvalue weighted by Gasteiger charge is 2.38. The molecular weight excluding hydrogens is 316 g/mol. The number of hydrogen-bond donors (Lipinski definition) is 1. The highest BCUT2D eigenvalue weighted by molar-refractivity contribution is 6.35.